The van der Waals surface area contributed by atoms with Crippen molar-refractivity contribution in [3.8, 4) is 5.75 Å². The summed E-state index contributed by atoms with van der Waals surface area (Å²) in [7, 11) is 0. The van der Waals surface area contributed by atoms with Gasteiger partial charge in [-0.15, -0.1) is 11.3 Å². The maximum absolute atomic E-state index is 12.5. The predicted octanol–water partition coefficient (Wildman–Crippen LogP) is 2.39. The lowest BCUT2D eigenvalue weighted by Gasteiger charge is -2.28. The third kappa shape index (κ3) is 4.80. The highest BCUT2D eigenvalue weighted by molar-refractivity contribution is 7.09. The monoisotopic (exact) mass is 375 g/mol. The van der Waals surface area contributed by atoms with Gasteiger partial charge >= 0.3 is 5.97 Å². The molecule has 3 rings (SSSR count). The van der Waals surface area contributed by atoms with Crippen LogP contribution < -0.4 is 15.4 Å². The number of anilines is 1. The van der Waals surface area contributed by atoms with Gasteiger partial charge in [-0.25, -0.2) is 9.78 Å². The topological polar surface area (TPSA) is 101 Å². The van der Waals surface area contributed by atoms with Crippen LogP contribution in [-0.2, 0) is 9.59 Å². The number of aliphatic carboxylic acids is 1. The van der Waals surface area contributed by atoms with Crippen LogP contribution in [0.2, 0.25) is 0 Å². The number of aryl methyl sites for hydroxylation is 1. The molecule has 1 fully saturated rings. The van der Waals surface area contributed by atoms with Crippen molar-refractivity contribution in [2.45, 2.75) is 31.7 Å². The van der Waals surface area contributed by atoms with Crippen molar-refractivity contribution in [1.29, 1.82) is 0 Å². The van der Waals surface area contributed by atoms with Gasteiger partial charge in [0, 0.05) is 22.7 Å². The molecule has 2 aromatic rings. The third-order valence-corrected chi connectivity index (χ3v) is 5.32. The molecule has 1 aliphatic rings. The number of carboxylic acids is 1. The fourth-order valence-corrected chi connectivity index (χ4v) is 3.86. The van der Waals surface area contributed by atoms with Crippen LogP contribution in [0.15, 0.2) is 29.6 Å². The highest BCUT2D eigenvalue weighted by atomic mass is 32.1. The second-order valence-corrected chi connectivity index (χ2v) is 7.14. The maximum Gasteiger partial charge on any atom is 0.341 e. The minimum atomic E-state index is -1.03. The van der Waals surface area contributed by atoms with Crippen molar-refractivity contribution in [2.24, 2.45) is 0 Å². The molecule has 0 saturated carbocycles. The number of thiazole rings is 1. The van der Waals surface area contributed by atoms with E-state index in [4.69, 9.17) is 9.84 Å². The van der Waals surface area contributed by atoms with Crippen LogP contribution in [0, 0.1) is 6.92 Å². The van der Waals surface area contributed by atoms with Gasteiger partial charge in [-0.05, 0) is 50.6 Å². The Morgan fingerprint density at radius 2 is 2.15 bits per heavy atom. The molecule has 0 aliphatic carbocycles. The van der Waals surface area contributed by atoms with E-state index in [0.717, 1.165) is 30.1 Å². The van der Waals surface area contributed by atoms with E-state index in [-0.39, 0.29) is 11.9 Å². The second-order valence-electron chi connectivity index (χ2n) is 6.25. The molecule has 1 aromatic heterocycles. The van der Waals surface area contributed by atoms with Crippen molar-refractivity contribution in [2.75, 3.05) is 18.5 Å². The summed E-state index contributed by atoms with van der Waals surface area (Å²) in [5.74, 6) is -0.365. The van der Waals surface area contributed by atoms with Crippen LogP contribution in [0.1, 0.15) is 29.5 Å². The molecular weight excluding hydrogens is 354 g/mol. The Balaban J connectivity index is 1.56. The first-order chi connectivity index (χ1) is 12.5. The molecule has 1 aromatic carbocycles. The molecule has 138 valence electrons. The number of amides is 1. The smallest absolute Gasteiger partial charge is 0.341 e. The molecule has 7 nitrogen and oxygen atoms in total. The largest absolute Gasteiger partial charge is 0.482 e. The number of carbonyl (C=O) groups is 2. The minimum absolute atomic E-state index is 0.0813. The lowest BCUT2D eigenvalue weighted by Crippen LogP contribution is -2.45. The Morgan fingerprint density at radius 3 is 2.81 bits per heavy atom. The van der Waals surface area contributed by atoms with Gasteiger partial charge in [-0.3, -0.25) is 4.79 Å². The van der Waals surface area contributed by atoms with E-state index < -0.39 is 12.6 Å². The maximum atomic E-state index is 12.5. The van der Waals surface area contributed by atoms with Gasteiger partial charge in [0.05, 0.1) is 11.0 Å². The number of hydrogen-bond donors (Lipinski definition) is 3. The van der Waals surface area contributed by atoms with Crippen molar-refractivity contribution in [1.82, 2.24) is 10.3 Å². The van der Waals surface area contributed by atoms with Gasteiger partial charge in [0.2, 0.25) is 5.91 Å². The van der Waals surface area contributed by atoms with Gasteiger partial charge in [-0.1, -0.05) is 0 Å². The number of carboxylic acid groups (broad SMARTS) is 1. The van der Waals surface area contributed by atoms with E-state index in [1.165, 1.54) is 0 Å². The average molecular weight is 375 g/mol. The Labute approximate surface area is 155 Å². The fraction of sp³-hybridized carbons (Fsp3) is 0.389. The van der Waals surface area contributed by atoms with Crippen molar-refractivity contribution in [3.63, 3.8) is 0 Å². The first-order valence-electron chi connectivity index (χ1n) is 8.42. The summed E-state index contributed by atoms with van der Waals surface area (Å²) in [4.78, 5) is 27.6. The van der Waals surface area contributed by atoms with Gasteiger partial charge in [0.1, 0.15) is 5.75 Å². The highest BCUT2D eigenvalue weighted by Crippen LogP contribution is 2.30. The van der Waals surface area contributed by atoms with Crippen LogP contribution in [0.25, 0.3) is 0 Å². The van der Waals surface area contributed by atoms with Crippen LogP contribution in [-0.4, -0.2) is 41.2 Å². The van der Waals surface area contributed by atoms with Gasteiger partial charge in [0.25, 0.3) is 0 Å². The third-order valence-electron chi connectivity index (χ3n) is 4.19. The van der Waals surface area contributed by atoms with E-state index in [9.17, 15) is 9.59 Å². The van der Waals surface area contributed by atoms with Crippen molar-refractivity contribution >= 4 is 28.9 Å². The van der Waals surface area contributed by atoms with Gasteiger partial charge < -0.3 is 20.5 Å². The number of ether oxygens (including phenoxy) is 1. The lowest BCUT2D eigenvalue weighted by atomic mass is 9.92. The second kappa shape index (κ2) is 8.29. The number of rotatable bonds is 6. The van der Waals surface area contributed by atoms with Crippen LogP contribution in [0.3, 0.4) is 0 Å². The summed E-state index contributed by atoms with van der Waals surface area (Å²) in [5.41, 5.74) is 1.67. The minimum Gasteiger partial charge on any atom is -0.482 e. The molecule has 1 aliphatic heterocycles. The Kier molecular flexibility index (Phi) is 5.85. The Bertz CT molecular complexity index is 775. The van der Waals surface area contributed by atoms with E-state index in [0.29, 0.717) is 17.4 Å². The van der Waals surface area contributed by atoms with E-state index in [1.807, 2.05) is 12.3 Å². The number of nitrogens with one attached hydrogen (secondary N) is 2. The van der Waals surface area contributed by atoms with Crippen LogP contribution in [0.4, 0.5) is 5.69 Å². The molecule has 2 atom stereocenters. The lowest BCUT2D eigenvalue weighted by molar-refractivity contribution is -0.139. The molecule has 0 spiro atoms. The summed E-state index contributed by atoms with van der Waals surface area (Å²) in [6.45, 7) is 2.37. The van der Waals surface area contributed by atoms with Crippen LogP contribution in [0.5, 0.6) is 5.75 Å². The number of hydrogen-bond acceptors (Lipinski definition) is 6. The highest BCUT2D eigenvalue weighted by Gasteiger charge is 2.29. The number of nitrogens with zero attached hydrogens (tertiary/aromatic N) is 1. The molecule has 2 unspecified atom stereocenters. The summed E-state index contributed by atoms with van der Waals surface area (Å²) in [6, 6.07) is 6.39. The van der Waals surface area contributed by atoms with Crippen LogP contribution >= 0.6 is 11.3 Å². The number of piperidine rings is 1. The molecule has 1 saturated heterocycles. The zero-order chi connectivity index (χ0) is 18.5. The van der Waals surface area contributed by atoms with Gasteiger partial charge in [-0.2, -0.15) is 0 Å². The van der Waals surface area contributed by atoms with E-state index >= 15 is 0 Å². The zero-order valence-electron chi connectivity index (χ0n) is 14.4. The summed E-state index contributed by atoms with van der Waals surface area (Å²) < 4.78 is 5.08. The molecule has 3 N–H and O–H groups in total. The first-order valence-corrected chi connectivity index (χ1v) is 9.30. The number of carbonyl (C=O) groups excluding carboxylic acids is 1. The summed E-state index contributed by atoms with van der Waals surface area (Å²) in [5, 5.41) is 17.9. The normalized spacial score (nSPS) is 19.7. The number of benzene rings is 1. The van der Waals surface area contributed by atoms with Gasteiger partial charge in [0.15, 0.2) is 6.61 Å². The molecule has 8 heteroatoms. The van der Waals surface area contributed by atoms with Crippen molar-refractivity contribution < 1.29 is 19.4 Å². The van der Waals surface area contributed by atoms with E-state index in [2.05, 4.69) is 15.6 Å². The molecule has 2 heterocycles. The predicted molar refractivity (Wildman–Crippen MR) is 98.8 cm³/mol. The van der Waals surface area contributed by atoms with Crippen molar-refractivity contribution in [3.05, 3.63) is 40.3 Å². The average Bonchev–Trinajstić information content (AvgIpc) is 3.07. The molecule has 1 amide bonds. The first kappa shape index (κ1) is 18.3. The summed E-state index contributed by atoms with van der Waals surface area (Å²) >= 11 is 1.66. The zero-order valence-corrected chi connectivity index (χ0v) is 15.2. The standard InChI is InChI=1S/C18H21N3O4S/c1-11-10-26-18(20-11)12-6-7-19-15(8-12)17(24)21-13-2-4-14(5-3-13)25-9-16(22)23/h2-5,10,12,15,19H,6-9H2,1H3,(H,21,24)(H,22,23). The quantitative estimate of drug-likeness (QED) is 0.717. The fourth-order valence-electron chi connectivity index (χ4n) is 2.91. The molecule has 0 bridgehead atoms. The molecule has 26 heavy (non-hydrogen) atoms. The Hall–Kier alpha value is -2.45. The Morgan fingerprint density at radius 1 is 1.38 bits per heavy atom. The van der Waals surface area contributed by atoms with E-state index in [1.54, 1.807) is 35.6 Å². The molecular formula is C18H21N3O4S. The molecule has 0 radical (unpaired) electrons. The number of aromatic nitrogens is 1. The summed E-state index contributed by atoms with van der Waals surface area (Å²) in [6.07, 6.45) is 1.70. The SMILES string of the molecule is Cc1csc(C2CCNC(C(=O)Nc3ccc(OCC(=O)O)cc3)C2)n1.